The van der Waals surface area contributed by atoms with Crippen molar-refractivity contribution in [3.63, 3.8) is 0 Å². The molecule has 98 valence electrons. The van der Waals surface area contributed by atoms with Crippen molar-refractivity contribution in [2.24, 2.45) is 5.92 Å². The van der Waals surface area contributed by atoms with Crippen LogP contribution in [0.1, 0.15) is 18.9 Å². The van der Waals surface area contributed by atoms with E-state index in [0.29, 0.717) is 11.0 Å². The monoisotopic (exact) mass is 315 g/mol. The van der Waals surface area contributed by atoms with E-state index < -0.39 is 12.0 Å². The molecule has 1 aliphatic rings. The molecule has 1 saturated heterocycles. The molecule has 0 saturated carbocycles. The number of carboxylic acids is 1. The van der Waals surface area contributed by atoms with Crippen LogP contribution in [-0.2, 0) is 11.3 Å². The van der Waals surface area contributed by atoms with Crippen molar-refractivity contribution in [1.29, 1.82) is 0 Å². The van der Waals surface area contributed by atoms with Gasteiger partial charge < -0.3 is 5.11 Å². The van der Waals surface area contributed by atoms with Gasteiger partial charge >= 0.3 is 5.97 Å². The predicted octanol–water partition coefficient (Wildman–Crippen LogP) is 2.88. The van der Waals surface area contributed by atoms with Crippen LogP contribution in [0.3, 0.4) is 0 Å². The van der Waals surface area contributed by atoms with Crippen LogP contribution < -0.4 is 0 Å². The maximum Gasteiger partial charge on any atom is 0.321 e. The van der Waals surface area contributed by atoms with Gasteiger partial charge in [0.15, 0.2) is 0 Å². The second-order valence-corrected chi connectivity index (χ2v) is 5.53. The SMILES string of the molecule is CC1CCN(Cc2cccc(F)c2Br)C1C(=O)O. The summed E-state index contributed by atoms with van der Waals surface area (Å²) in [5, 5.41) is 9.23. The van der Waals surface area contributed by atoms with Crippen molar-refractivity contribution in [1.82, 2.24) is 4.90 Å². The molecule has 5 heteroatoms. The number of benzene rings is 1. The van der Waals surface area contributed by atoms with E-state index in [1.807, 2.05) is 17.9 Å². The van der Waals surface area contributed by atoms with E-state index in [0.717, 1.165) is 18.5 Å². The topological polar surface area (TPSA) is 40.5 Å². The lowest BCUT2D eigenvalue weighted by molar-refractivity contribution is -0.143. The minimum atomic E-state index is -0.799. The Morgan fingerprint density at radius 1 is 1.61 bits per heavy atom. The van der Waals surface area contributed by atoms with Gasteiger partial charge in [-0.05, 0) is 46.4 Å². The molecule has 1 fully saturated rings. The minimum absolute atomic E-state index is 0.134. The van der Waals surface area contributed by atoms with Crippen molar-refractivity contribution in [2.75, 3.05) is 6.54 Å². The van der Waals surface area contributed by atoms with Crippen molar-refractivity contribution >= 4 is 21.9 Å². The Kier molecular flexibility index (Phi) is 4.02. The molecule has 0 bridgehead atoms. The molecule has 18 heavy (non-hydrogen) atoms. The van der Waals surface area contributed by atoms with E-state index in [2.05, 4.69) is 15.9 Å². The quantitative estimate of drug-likeness (QED) is 0.932. The summed E-state index contributed by atoms with van der Waals surface area (Å²) in [6, 6.07) is 4.37. The van der Waals surface area contributed by atoms with Gasteiger partial charge in [-0.25, -0.2) is 4.39 Å². The van der Waals surface area contributed by atoms with E-state index in [4.69, 9.17) is 0 Å². The molecule has 0 radical (unpaired) electrons. The zero-order valence-electron chi connectivity index (χ0n) is 10.1. The van der Waals surface area contributed by atoms with E-state index in [-0.39, 0.29) is 11.7 Å². The number of hydrogen-bond acceptors (Lipinski definition) is 2. The summed E-state index contributed by atoms with van der Waals surface area (Å²) in [7, 11) is 0. The fraction of sp³-hybridized carbons (Fsp3) is 0.462. The highest BCUT2D eigenvalue weighted by Gasteiger charge is 2.36. The number of likely N-dealkylation sites (tertiary alicyclic amines) is 1. The first kappa shape index (κ1) is 13.5. The molecule has 0 amide bonds. The first-order chi connectivity index (χ1) is 8.50. The van der Waals surface area contributed by atoms with Crippen LogP contribution in [0.2, 0.25) is 0 Å². The molecule has 2 rings (SSSR count). The average molecular weight is 316 g/mol. The predicted molar refractivity (Wildman–Crippen MR) is 69.7 cm³/mol. The Morgan fingerprint density at radius 3 is 3.00 bits per heavy atom. The maximum atomic E-state index is 13.4. The third kappa shape index (κ3) is 2.57. The molecule has 1 aromatic rings. The fourth-order valence-electron chi connectivity index (χ4n) is 2.49. The zero-order valence-corrected chi connectivity index (χ0v) is 11.7. The number of nitrogens with zero attached hydrogens (tertiary/aromatic N) is 1. The summed E-state index contributed by atoms with van der Waals surface area (Å²) in [6.07, 6.45) is 0.865. The standard InChI is InChI=1S/C13H15BrFNO2/c1-8-5-6-16(12(8)13(17)18)7-9-3-2-4-10(15)11(9)14/h2-4,8,12H,5-7H2,1H3,(H,17,18). The molecule has 1 aliphatic heterocycles. The summed E-state index contributed by atoms with van der Waals surface area (Å²) >= 11 is 3.21. The molecular formula is C13H15BrFNO2. The van der Waals surface area contributed by atoms with Gasteiger partial charge in [0, 0.05) is 6.54 Å². The van der Waals surface area contributed by atoms with Gasteiger partial charge in [-0.3, -0.25) is 9.69 Å². The Labute approximate surface area is 114 Å². The summed E-state index contributed by atoms with van der Waals surface area (Å²) in [6.45, 7) is 3.14. The smallest absolute Gasteiger partial charge is 0.321 e. The van der Waals surface area contributed by atoms with E-state index in [1.54, 1.807) is 6.07 Å². The molecule has 0 spiro atoms. The highest BCUT2D eigenvalue weighted by Crippen LogP contribution is 2.28. The third-order valence-electron chi connectivity index (χ3n) is 3.46. The number of aliphatic carboxylic acids is 1. The summed E-state index contributed by atoms with van der Waals surface area (Å²) in [5.41, 5.74) is 0.787. The largest absolute Gasteiger partial charge is 0.480 e. The Hall–Kier alpha value is -0.940. The summed E-state index contributed by atoms with van der Waals surface area (Å²) in [5.74, 6) is -0.978. The molecule has 0 aromatic heterocycles. The van der Waals surface area contributed by atoms with E-state index in [1.165, 1.54) is 6.07 Å². The number of rotatable bonds is 3. The van der Waals surface area contributed by atoms with Gasteiger partial charge in [-0.2, -0.15) is 0 Å². The average Bonchev–Trinajstić information content (AvgIpc) is 2.66. The van der Waals surface area contributed by atoms with Crippen LogP contribution in [0.15, 0.2) is 22.7 Å². The first-order valence-corrected chi connectivity index (χ1v) is 6.69. The Bertz CT molecular complexity index is 466. The third-order valence-corrected chi connectivity index (χ3v) is 4.35. The van der Waals surface area contributed by atoms with Crippen LogP contribution in [0.25, 0.3) is 0 Å². The van der Waals surface area contributed by atoms with Gasteiger partial charge in [-0.1, -0.05) is 19.1 Å². The fourth-order valence-corrected chi connectivity index (χ4v) is 2.88. The van der Waals surface area contributed by atoms with Crippen LogP contribution in [0, 0.1) is 11.7 Å². The highest BCUT2D eigenvalue weighted by atomic mass is 79.9. The minimum Gasteiger partial charge on any atom is -0.480 e. The van der Waals surface area contributed by atoms with Gasteiger partial charge in [0.2, 0.25) is 0 Å². The normalized spacial score (nSPS) is 24.4. The van der Waals surface area contributed by atoms with Gasteiger partial charge in [0.05, 0.1) is 4.47 Å². The maximum absolute atomic E-state index is 13.4. The van der Waals surface area contributed by atoms with E-state index >= 15 is 0 Å². The van der Waals surface area contributed by atoms with Crippen LogP contribution in [0.4, 0.5) is 4.39 Å². The second kappa shape index (κ2) is 5.36. The molecule has 0 aliphatic carbocycles. The molecule has 1 aromatic carbocycles. The summed E-state index contributed by atoms with van der Waals surface area (Å²) in [4.78, 5) is 13.1. The molecule has 2 unspecified atom stereocenters. The van der Waals surface area contributed by atoms with Crippen LogP contribution in [-0.4, -0.2) is 28.6 Å². The molecule has 2 atom stereocenters. The molecule has 1 N–H and O–H groups in total. The van der Waals surface area contributed by atoms with Crippen molar-refractivity contribution in [3.05, 3.63) is 34.1 Å². The van der Waals surface area contributed by atoms with Crippen LogP contribution in [0.5, 0.6) is 0 Å². The van der Waals surface area contributed by atoms with E-state index in [9.17, 15) is 14.3 Å². The van der Waals surface area contributed by atoms with Gasteiger partial charge in [-0.15, -0.1) is 0 Å². The lowest BCUT2D eigenvalue weighted by Gasteiger charge is -2.23. The molecule has 3 nitrogen and oxygen atoms in total. The Balaban J connectivity index is 2.18. The number of carbonyl (C=O) groups is 1. The van der Waals surface area contributed by atoms with Gasteiger partial charge in [0.1, 0.15) is 11.9 Å². The molecular weight excluding hydrogens is 301 g/mol. The van der Waals surface area contributed by atoms with Crippen LogP contribution >= 0.6 is 15.9 Å². The lowest BCUT2D eigenvalue weighted by atomic mass is 10.0. The van der Waals surface area contributed by atoms with Crippen molar-refractivity contribution in [3.8, 4) is 0 Å². The first-order valence-electron chi connectivity index (χ1n) is 5.90. The molecule has 1 heterocycles. The number of carboxylic acid groups (broad SMARTS) is 1. The number of halogens is 2. The second-order valence-electron chi connectivity index (χ2n) is 4.73. The summed E-state index contributed by atoms with van der Waals surface area (Å²) < 4.78 is 13.8. The zero-order chi connectivity index (χ0) is 13.3. The van der Waals surface area contributed by atoms with Crippen molar-refractivity contribution < 1.29 is 14.3 Å². The highest BCUT2D eigenvalue weighted by molar-refractivity contribution is 9.10. The number of hydrogen-bond donors (Lipinski definition) is 1. The van der Waals surface area contributed by atoms with Crippen molar-refractivity contribution in [2.45, 2.75) is 25.9 Å². The van der Waals surface area contributed by atoms with Gasteiger partial charge in [0.25, 0.3) is 0 Å². The Morgan fingerprint density at radius 2 is 2.33 bits per heavy atom. The lowest BCUT2D eigenvalue weighted by Crippen LogP contribution is -2.38.